The number of alkyl halides is 1. The van der Waals surface area contributed by atoms with Gasteiger partial charge < -0.3 is 0 Å². The summed E-state index contributed by atoms with van der Waals surface area (Å²) in [4.78, 5) is 0. The van der Waals surface area contributed by atoms with Crippen molar-refractivity contribution in [3.63, 3.8) is 0 Å². The van der Waals surface area contributed by atoms with E-state index in [2.05, 4.69) is 13.8 Å². The largest absolute Gasteiger partial charge is 0.207 e. The van der Waals surface area contributed by atoms with Crippen molar-refractivity contribution in [1.82, 2.24) is 0 Å². The zero-order valence-corrected chi connectivity index (χ0v) is 11.0. The predicted molar refractivity (Wildman–Crippen MR) is 58.9 cm³/mol. The molecule has 0 aliphatic heterocycles. The first kappa shape index (κ1) is 10.7. The van der Waals surface area contributed by atoms with Crippen LogP contribution in [0.1, 0.15) is 25.0 Å². The molecule has 0 aliphatic rings. The Bertz CT molecular complexity index is 304. The van der Waals surface area contributed by atoms with Crippen LogP contribution in [0.2, 0.25) is 0 Å². The maximum absolute atomic E-state index is 12.9. The van der Waals surface area contributed by atoms with Crippen LogP contribution >= 0.6 is 11.6 Å². The van der Waals surface area contributed by atoms with Gasteiger partial charge in [0.25, 0.3) is 0 Å². The molecule has 0 N–H and O–H groups in total. The van der Waals surface area contributed by atoms with Crippen LogP contribution in [-0.2, 0) is 10.9 Å². The Balaban J connectivity index is 3.22. The molecule has 0 atom stereocenters. The number of benzene rings is 1. The Hall–Kier alpha value is -0.343. The zero-order valence-electron chi connectivity index (χ0n) is 8.20. The second-order valence-corrected chi connectivity index (χ2v) is 6.95. The number of hydrogen-bond acceptors (Lipinski definition) is 0. The molecule has 0 heterocycles. The second kappa shape index (κ2) is 3.80. The Labute approximate surface area is 86.5 Å². The summed E-state index contributed by atoms with van der Waals surface area (Å²) in [5.41, 5.74) is 2.09. The van der Waals surface area contributed by atoms with Crippen molar-refractivity contribution in [3.05, 3.63) is 35.1 Å². The van der Waals surface area contributed by atoms with E-state index in [4.69, 9.17) is 11.6 Å². The molecule has 0 aliphatic carbocycles. The van der Waals surface area contributed by atoms with Crippen molar-refractivity contribution in [2.24, 2.45) is 0 Å². The predicted octanol–water partition coefficient (Wildman–Crippen LogP) is 2.17. The van der Waals surface area contributed by atoms with Crippen molar-refractivity contribution >= 4 is 21.8 Å². The average Bonchev–Trinajstić information content (AvgIpc) is 2.01. The first-order chi connectivity index (χ1) is 5.95. The fraction of sp³-hybridized carbons (Fsp3) is 0.400. The summed E-state index contributed by atoms with van der Waals surface area (Å²) in [6.07, 6.45) is 0. The minimum atomic E-state index is -0.203. The number of hydrogen-bond donors (Lipinski definition) is 0. The molecule has 1 rings (SSSR count). The SMILES string of the molecule is CC(C)([SiH3])c1ccc(F)cc1CCl. The molecule has 13 heavy (non-hydrogen) atoms. The van der Waals surface area contributed by atoms with E-state index in [0.29, 0.717) is 5.88 Å². The molecule has 3 heteroatoms. The van der Waals surface area contributed by atoms with E-state index in [1.165, 1.54) is 17.7 Å². The molecule has 0 fully saturated rings. The maximum atomic E-state index is 12.9. The molecule has 0 bridgehead atoms. The lowest BCUT2D eigenvalue weighted by atomic mass is 9.97. The normalized spacial score (nSPS) is 12.0. The fourth-order valence-corrected chi connectivity index (χ4v) is 2.11. The summed E-state index contributed by atoms with van der Waals surface area (Å²) in [5, 5.41) is 0.165. The van der Waals surface area contributed by atoms with Gasteiger partial charge in [-0.3, -0.25) is 0 Å². The third-order valence-electron chi connectivity index (χ3n) is 2.02. The molecule has 0 amide bonds. The van der Waals surface area contributed by atoms with Gasteiger partial charge in [-0.2, -0.15) is 0 Å². The van der Waals surface area contributed by atoms with Crippen molar-refractivity contribution in [1.29, 1.82) is 0 Å². The Kier molecular flexibility index (Phi) is 3.14. The summed E-state index contributed by atoms with van der Waals surface area (Å²) in [7, 11) is 1.04. The standard InChI is InChI=1S/C10H14ClFSi/c1-10(2,13)9-4-3-8(12)5-7(9)6-11/h3-5H,6H2,1-2,13H3. The van der Waals surface area contributed by atoms with Crippen LogP contribution in [0.4, 0.5) is 4.39 Å². The number of rotatable bonds is 2. The average molecular weight is 217 g/mol. The summed E-state index contributed by atoms with van der Waals surface area (Å²) < 4.78 is 12.9. The maximum Gasteiger partial charge on any atom is 0.123 e. The quantitative estimate of drug-likeness (QED) is 0.525. The van der Waals surface area contributed by atoms with Crippen molar-refractivity contribution in [3.8, 4) is 0 Å². The summed E-state index contributed by atoms with van der Waals surface area (Å²) >= 11 is 5.76. The molecule has 0 unspecified atom stereocenters. The van der Waals surface area contributed by atoms with Gasteiger partial charge in [-0.05, 0) is 28.3 Å². The second-order valence-electron chi connectivity index (χ2n) is 4.19. The lowest BCUT2D eigenvalue weighted by molar-refractivity contribution is 0.622. The highest BCUT2D eigenvalue weighted by atomic mass is 35.5. The monoisotopic (exact) mass is 216 g/mol. The molecule has 1 aromatic rings. The van der Waals surface area contributed by atoms with Crippen molar-refractivity contribution < 1.29 is 4.39 Å². The number of halogens is 2. The molecule has 0 spiro atoms. The third-order valence-corrected chi connectivity index (χ3v) is 2.85. The van der Waals surface area contributed by atoms with E-state index in [0.717, 1.165) is 15.8 Å². The molecule has 1 aromatic carbocycles. The van der Waals surface area contributed by atoms with Gasteiger partial charge in [-0.25, -0.2) is 4.39 Å². The van der Waals surface area contributed by atoms with E-state index in [1.54, 1.807) is 0 Å². The molecular weight excluding hydrogens is 203 g/mol. The van der Waals surface area contributed by atoms with Crippen LogP contribution in [0.5, 0.6) is 0 Å². The van der Waals surface area contributed by atoms with Crippen LogP contribution in [0.15, 0.2) is 18.2 Å². The van der Waals surface area contributed by atoms with Crippen LogP contribution in [0, 0.1) is 5.82 Å². The Morgan fingerprint density at radius 3 is 2.54 bits per heavy atom. The zero-order chi connectivity index (χ0) is 10.1. The van der Waals surface area contributed by atoms with Crippen LogP contribution in [0.3, 0.4) is 0 Å². The van der Waals surface area contributed by atoms with E-state index in [9.17, 15) is 4.39 Å². The van der Waals surface area contributed by atoms with Gasteiger partial charge in [-0.1, -0.05) is 19.9 Å². The van der Waals surface area contributed by atoms with Gasteiger partial charge in [0.2, 0.25) is 0 Å². The van der Waals surface area contributed by atoms with E-state index in [-0.39, 0.29) is 10.9 Å². The summed E-state index contributed by atoms with van der Waals surface area (Å²) in [6, 6.07) is 4.88. The lowest BCUT2D eigenvalue weighted by Gasteiger charge is -2.22. The van der Waals surface area contributed by atoms with E-state index < -0.39 is 0 Å². The summed E-state index contributed by atoms with van der Waals surface area (Å²) in [6.45, 7) is 4.31. The smallest absolute Gasteiger partial charge is 0.123 e. The molecule has 0 saturated carbocycles. The minimum Gasteiger partial charge on any atom is -0.207 e. The first-order valence-corrected chi connectivity index (χ1v) is 5.83. The molecule has 72 valence electrons. The molecule has 0 aromatic heterocycles. The fourth-order valence-electron chi connectivity index (χ4n) is 1.40. The van der Waals surface area contributed by atoms with E-state index >= 15 is 0 Å². The molecule has 0 nitrogen and oxygen atoms in total. The summed E-state index contributed by atoms with van der Waals surface area (Å²) in [5.74, 6) is 0.184. The van der Waals surface area contributed by atoms with Crippen LogP contribution < -0.4 is 0 Å². The topological polar surface area (TPSA) is 0 Å². The van der Waals surface area contributed by atoms with Gasteiger partial charge in [-0.15, -0.1) is 11.6 Å². The van der Waals surface area contributed by atoms with E-state index in [1.807, 2.05) is 6.07 Å². The van der Waals surface area contributed by atoms with Gasteiger partial charge >= 0.3 is 0 Å². The molecule has 0 radical (unpaired) electrons. The highest BCUT2D eigenvalue weighted by Crippen LogP contribution is 2.25. The molecular formula is C10H14ClFSi. The van der Waals surface area contributed by atoms with Crippen molar-refractivity contribution in [2.45, 2.75) is 24.8 Å². The van der Waals surface area contributed by atoms with Gasteiger partial charge in [0, 0.05) is 16.1 Å². The van der Waals surface area contributed by atoms with Gasteiger partial charge in [0.05, 0.1) is 0 Å². The van der Waals surface area contributed by atoms with Crippen LogP contribution in [-0.4, -0.2) is 10.2 Å². The third kappa shape index (κ3) is 2.55. The Morgan fingerprint density at radius 2 is 2.08 bits per heavy atom. The molecule has 0 saturated heterocycles. The van der Waals surface area contributed by atoms with Gasteiger partial charge in [0.1, 0.15) is 5.82 Å². The van der Waals surface area contributed by atoms with Crippen molar-refractivity contribution in [2.75, 3.05) is 0 Å². The minimum absolute atomic E-state index is 0.165. The van der Waals surface area contributed by atoms with Gasteiger partial charge in [0.15, 0.2) is 0 Å². The highest BCUT2D eigenvalue weighted by Gasteiger charge is 2.17. The lowest BCUT2D eigenvalue weighted by Crippen LogP contribution is -2.18. The Morgan fingerprint density at radius 1 is 1.46 bits per heavy atom. The first-order valence-electron chi connectivity index (χ1n) is 4.30. The highest BCUT2D eigenvalue weighted by molar-refractivity contribution is 6.18. The van der Waals surface area contributed by atoms with Crippen LogP contribution in [0.25, 0.3) is 0 Å².